The Kier molecular flexibility index (Phi) is 5.55. The number of piperidine rings is 1. The molecule has 1 spiro atoms. The molecule has 7 nitrogen and oxygen atoms in total. The quantitative estimate of drug-likeness (QED) is 0.404. The molecular weight excluding hydrogens is 478 g/mol. The van der Waals surface area contributed by atoms with Crippen molar-refractivity contribution in [2.24, 2.45) is 11.1 Å². The first-order valence-electron chi connectivity index (χ1n) is 11.7. The van der Waals surface area contributed by atoms with Gasteiger partial charge in [-0.15, -0.1) is 0 Å². The number of aryl methyl sites for hydroxylation is 1. The number of hydrogen-bond donors (Lipinski definition) is 2. The number of hydrogen-bond acceptors (Lipinski definition) is 8. The van der Waals surface area contributed by atoms with Crippen molar-refractivity contribution in [2.45, 2.75) is 42.1 Å². The van der Waals surface area contributed by atoms with Crippen molar-refractivity contribution < 1.29 is 0 Å². The second-order valence-corrected chi connectivity index (χ2v) is 11.0. The summed E-state index contributed by atoms with van der Waals surface area (Å²) in [4.78, 5) is 21.3. The van der Waals surface area contributed by atoms with E-state index in [2.05, 4.69) is 45.0 Å². The van der Waals surface area contributed by atoms with Crippen LogP contribution in [0.1, 0.15) is 35.6 Å². The maximum atomic E-state index is 6.79. The number of anilines is 2. The van der Waals surface area contributed by atoms with Crippen LogP contribution in [0.4, 0.5) is 11.6 Å². The highest BCUT2D eigenvalue weighted by atomic mass is 35.5. The van der Waals surface area contributed by atoms with E-state index in [1.807, 2.05) is 24.4 Å². The van der Waals surface area contributed by atoms with E-state index in [4.69, 9.17) is 28.1 Å². The molecule has 1 aliphatic carbocycles. The highest BCUT2D eigenvalue weighted by Gasteiger charge is 2.46. The fraction of sp³-hybridized carbons (Fsp3) is 0.308. The lowest BCUT2D eigenvalue weighted by Crippen LogP contribution is -2.44. The summed E-state index contributed by atoms with van der Waals surface area (Å²) < 4.78 is 0. The van der Waals surface area contributed by atoms with Crippen LogP contribution in [0.5, 0.6) is 0 Å². The summed E-state index contributed by atoms with van der Waals surface area (Å²) in [5.41, 5.74) is 18.2. The Hall–Kier alpha value is -2.94. The van der Waals surface area contributed by atoms with Gasteiger partial charge in [-0.25, -0.2) is 19.9 Å². The first-order valence-corrected chi connectivity index (χ1v) is 12.9. The Bertz CT molecular complexity index is 1430. The van der Waals surface area contributed by atoms with E-state index < -0.39 is 0 Å². The van der Waals surface area contributed by atoms with Crippen molar-refractivity contribution >= 4 is 46.2 Å². The lowest BCUT2D eigenvalue weighted by Gasteiger charge is -2.42. The van der Waals surface area contributed by atoms with Gasteiger partial charge in [0.2, 0.25) is 0 Å². The molecule has 0 unspecified atom stereocenters. The van der Waals surface area contributed by atoms with Crippen molar-refractivity contribution in [3.05, 3.63) is 70.5 Å². The molecule has 0 saturated carbocycles. The van der Waals surface area contributed by atoms with E-state index in [0.29, 0.717) is 16.5 Å². The lowest BCUT2D eigenvalue weighted by atomic mass is 9.73. The monoisotopic (exact) mass is 503 g/mol. The summed E-state index contributed by atoms with van der Waals surface area (Å²) in [6.45, 7) is 3.98. The van der Waals surface area contributed by atoms with Crippen molar-refractivity contribution in [1.82, 2.24) is 19.9 Å². The van der Waals surface area contributed by atoms with Crippen LogP contribution in [-0.2, 0) is 6.42 Å². The van der Waals surface area contributed by atoms with Crippen molar-refractivity contribution in [3.63, 3.8) is 0 Å². The van der Waals surface area contributed by atoms with Gasteiger partial charge in [-0.05, 0) is 60.9 Å². The molecule has 1 aromatic carbocycles. The fourth-order valence-electron chi connectivity index (χ4n) is 5.37. The molecule has 1 saturated heterocycles. The number of nitrogens with zero attached hydrogens (tertiary/aromatic N) is 5. The van der Waals surface area contributed by atoms with E-state index in [-0.39, 0.29) is 11.5 Å². The molecule has 6 rings (SSSR count). The van der Waals surface area contributed by atoms with Gasteiger partial charge in [-0.2, -0.15) is 0 Å². The first kappa shape index (κ1) is 22.5. The molecule has 3 aromatic heterocycles. The van der Waals surface area contributed by atoms with Crippen LogP contribution in [0.2, 0.25) is 5.02 Å². The maximum Gasteiger partial charge on any atom is 0.179 e. The van der Waals surface area contributed by atoms with Gasteiger partial charge < -0.3 is 16.4 Å². The predicted octanol–water partition coefficient (Wildman–Crippen LogP) is 4.96. The number of pyridine rings is 2. The second kappa shape index (κ2) is 8.62. The number of nitrogen functional groups attached to an aromatic ring is 1. The average molecular weight is 504 g/mol. The van der Waals surface area contributed by atoms with Crippen LogP contribution in [-0.4, -0.2) is 33.0 Å². The van der Waals surface area contributed by atoms with Gasteiger partial charge in [0.25, 0.3) is 0 Å². The largest absolute Gasteiger partial charge is 0.382 e. The normalized spacial score (nSPS) is 18.8. The standard InChI is InChI=1S/C26H26ClN7S/c1-15-2-3-16-13-26(23(28)17(16)12-15)7-10-34(11-8-26)20-14-31-25-18(32-20)4-5-21(33-25)35-19-6-9-30-24(29)22(19)27/h2-6,9,12,14,23H,7-8,10-11,13,28H2,1H3,(H2,29,30)/t23-/m0/s1. The lowest BCUT2D eigenvalue weighted by molar-refractivity contribution is 0.187. The van der Waals surface area contributed by atoms with E-state index >= 15 is 0 Å². The molecule has 4 N–H and O–H groups in total. The van der Waals surface area contributed by atoms with Gasteiger partial charge in [-0.1, -0.05) is 47.1 Å². The van der Waals surface area contributed by atoms with Gasteiger partial charge in [0, 0.05) is 30.2 Å². The molecule has 4 aromatic rings. The number of halogens is 1. The molecule has 0 amide bonds. The zero-order valence-electron chi connectivity index (χ0n) is 19.4. The van der Waals surface area contributed by atoms with Crippen molar-refractivity contribution in [3.8, 4) is 0 Å². The fourth-order valence-corrected chi connectivity index (χ4v) is 6.42. The smallest absolute Gasteiger partial charge is 0.179 e. The second-order valence-electron chi connectivity index (χ2n) is 9.54. The van der Waals surface area contributed by atoms with Crippen molar-refractivity contribution in [2.75, 3.05) is 23.7 Å². The summed E-state index contributed by atoms with van der Waals surface area (Å²) in [5, 5.41) is 1.21. The molecule has 1 aliphatic heterocycles. The number of rotatable bonds is 3. The number of aromatic nitrogens is 4. The summed E-state index contributed by atoms with van der Waals surface area (Å²) >= 11 is 7.71. The minimum absolute atomic E-state index is 0.103. The van der Waals surface area contributed by atoms with Crippen LogP contribution in [0.15, 0.2) is 58.7 Å². The molecule has 1 atom stereocenters. The molecule has 2 aliphatic rings. The van der Waals surface area contributed by atoms with Crippen LogP contribution >= 0.6 is 23.4 Å². The third kappa shape index (κ3) is 3.99. The van der Waals surface area contributed by atoms with Crippen LogP contribution < -0.4 is 16.4 Å². The Labute approximate surface area is 213 Å². The highest BCUT2D eigenvalue weighted by molar-refractivity contribution is 7.99. The molecule has 9 heteroatoms. The first-order chi connectivity index (χ1) is 16.9. The molecule has 0 bridgehead atoms. The van der Waals surface area contributed by atoms with Gasteiger partial charge in [0.05, 0.1) is 11.2 Å². The summed E-state index contributed by atoms with van der Waals surface area (Å²) in [5.74, 6) is 1.20. The minimum atomic E-state index is 0.103. The minimum Gasteiger partial charge on any atom is -0.382 e. The highest BCUT2D eigenvalue weighted by Crippen LogP contribution is 2.51. The zero-order chi connectivity index (χ0) is 24.2. The molecule has 35 heavy (non-hydrogen) atoms. The maximum absolute atomic E-state index is 6.79. The Morgan fingerprint density at radius 1 is 1.09 bits per heavy atom. The number of nitrogens with two attached hydrogens (primary N) is 2. The average Bonchev–Trinajstić information content (AvgIpc) is 3.13. The SMILES string of the molecule is Cc1ccc2c(c1)[C@H](N)C1(CCN(c3cnc4nc(Sc5ccnc(N)c5Cl)ccc4n3)CC1)C2. The third-order valence-electron chi connectivity index (χ3n) is 7.38. The van der Waals surface area contributed by atoms with Crippen molar-refractivity contribution in [1.29, 1.82) is 0 Å². The molecule has 4 heterocycles. The zero-order valence-corrected chi connectivity index (χ0v) is 21.0. The van der Waals surface area contributed by atoms with Gasteiger partial charge in [0.1, 0.15) is 22.2 Å². The Morgan fingerprint density at radius 2 is 1.91 bits per heavy atom. The molecule has 0 radical (unpaired) electrons. The number of fused-ring (bicyclic) bond motifs is 2. The van der Waals surface area contributed by atoms with E-state index in [9.17, 15) is 0 Å². The van der Waals surface area contributed by atoms with Crippen LogP contribution in [0, 0.1) is 12.3 Å². The summed E-state index contributed by atoms with van der Waals surface area (Å²) in [6, 6.07) is 12.5. The van der Waals surface area contributed by atoms with Crippen LogP contribution in [0.25, 0.3) is 11.2 Å². The summed E-state index contributed by atoms with van der Waals surface area (Å²) in [6.07, 6.45) is 6.62. The molecule has 178 valence electrons. The Morgan fingerprint density at radius 3 is 2.74 bits per heavy atom. The van der Waals surface area contributed by atoms with Gasteiger partial charge in [0.15, 0.2) is 5.65 Å². The van der Waals surface area contributed by atoms with E-state index in [0.717, 1.165) is 53.6 Å². The molecular formula is C26H26ClN7S. The number of benzene rings is 1. The van der Waals surface area contributed by atoms with Gasteiger partial charge in [-0.3, -0.25) is 0 Å². The topological polar surface area (TPSA) is 107 Å². The van der Waals surface area contributed by atoms with E-state index in [1.165, 1.54) is 28.5 Å². The Balaban J connectivity index is 1.18. The van der Waals surface area contributed by atoms with Crippen LogP contribution in [0.3, 0.4) is 0 Å². The van der Waals surface area contributed by atoms with Gasteiger partial charge >= 0.3 is 0 Å². The molecule has 1 fully saturated rings. The predicted molar refractivity (Wildman–Crippen MR) is 141 cm³/mol. The van der Waals surface area contributed by atoms with E-state index in [1.54, 1.807) is 6.20 Å². The third-order valence-corrected chi connectivity index (χ3v) is 8.89. The summed E-state index contributed by atoms with van der Waals surface area (Å²) in [7, 11) is 0.